The molecule has 1 amide bonds. The van der Waals surface area contributed by atoms with Crippen LogP contribution in [0.15, 0.2) is 71.3 Å². The van der Waals surface area contributed by atoms with Crippen molar-refractivity contribution in [3.05, 3.63) is 78.1 Å². The summed E-state index contributed by atoms with van der Waals surface area (Å²) < 4.78 is 5.72. The molecule has 1 aliphatic rings. The molecule has 122 valence electrons. The van der Waals surface area contributed by atoms with Crippen molar-refractivity contribution >= 4 is 33.3 Å². The van der Waals surface area contributed by atoms with Crippen molar-refractivity contribution in [3.8, 4) is 0 Å². The molecule has 0 fully saturated rings. The first kappa shape index (κ1) is 14.3. The first-order valence-corrected chi connectivity index (χ1v) is 8.57. The van der Waals surface area contributed by atoms with Crippen LogP contribution in [0.5, 0.6) is 0 Å². The normalized spacial score (nSPS) is 13.5. The largest absolute Gasteiger partial charge is 0.464 e. The second-order valence-electron chi connectivity index (χ2n) is 6.52. The molecule has 0 aliphatic carbocycles. The zero-order chi connectivity index (χ0) is 16.8. The smallest absolute Gasteiger partial charge is 0.231 e. The van der Waals surface area contributed by atoms with Gasteiger partial charge in [0.05, 0.1) is 12.7 Å². The van der Waals surface area contributed by atoms with Gasteiger partial charge in [0.25, 0.3) is 0 Å². The van der Waals surface area contributed by atoms with E-state index in [0.717, 1.165) is 46.0 Å². The molecule has 3 aromatic carbocycles. The highest BCUT2D eigenvalue weighted by atomic mass is 16.3. The molecule has 2 heterocycles. The van der Waals surface area contributed by atoms with Crippen molar-refractivity contribution in [1.82, 2.24) is 0 Å². The summed E-state index contributed by atoms with van der Waals surface area (Å²) in [4.78, 5) is 14.8. The van der Waals surface area contributed by atoms with E-state index in [1.807, 2.05) is 41.3 Å². The van der Waals surface area contributed by atoms with Gasteiger partial charge in [-0.05, 0) is 34.9 Å². The lowest BCUT2D eigenvalue weighted by atomic mass is 10.0. The average Bonchev–Trinajstić information content (AvgIpc) is 3.26. The van der Waals surface area contributed by atoms with Crippen LogP contribution < -0.4 is 4.90 Å². The standard InChI is InChI=1S/C22H17NO2/c24-21(23-12-11-16-6-2-4-8-19(16)23)13-17-14-25-20-10-9-15-5-1-3-7-18(15)22(17)20/h1-10,14H,11-13H2. The van der Waals surface area contributed by atoms with Crippen molar-refractivity contribution in [1.29, 1.82) is 0 Å². The van der Waals surface area contributed by atoms with Gasteiger partial charge in [0.15, 0.2) is 0 Å². The van der Waals surface area contributed by atoms with Gasteiger partial charge < -0.3 is 9.32 Å². The number of carbonyl (C=O) groups excluding carboxylic acids is 1. The van der Waals surface area contributed by atoms with Crippen LogP contribution in [0.2, 0.25) is 0 Å². The molecule has 5 rings (SSSR count). The van der Waals surface area contributed by atoms with Crippen LogP contribution in [0.3, 0.4) is 0 Å². The summed E-state index contributed by atoms with van der Waals surface area (Å²) in [7, 11) is 0. The minimum atomic E-state index is 0.126. The number of hydrogen-bond acceptors (Lipinski definition) is 2. The van der Waals surface area contributed by atoms with Crippen molar-refractivity contribution in [2.45, 2.75) is 12.8 Å². The van der Waals surface area contributed by atoms with Gasteiger partial charge in [-0.2, -0.15) is 0 Å². The molecule has 3 heteroatoms. The third-order valence-electron chi connectivity index (χ3n) is 5.07. The van der Waals surface area contributed by atoms with Gasteiger partial charge in [-0.3, -0.25) is 4.79 Å². The summed E-state index contributed by atoms with van der Waals surface area (Å²) in [6.07, 6.45) is 3.02. The second kappa shape index (κ2) is 5.49. The number of fused-ring (bicyclic) bond motifs is 4. The number of benzene rings is 3. The lowest BCUT2D eigenvalue weighted by Crippen LogP contribution is -2.30. The van der Waals surface area contributed by atoms with Gasteiger partial charge in [-0.25, -0.2) is 0 Å². The van der Waals surface area contributed by atoms with E-state index in [1.54, 1.807) is 6.26 Å². The number of furan rings is 1. The molecule has 0 unspecified atom stereocenters. The molecular weight excluding hydrogens is 310 g/mol. The van der Waals surface area contributed by atoms with Crippen molar-refractivity contribution < 1.29 is 9.21 Å². The van der Waals surface area contributed by atoms with Crippen LogP contribution in [0.4, 0.5) is 5.69 Å². The lowest BCUT2D eigenvalue weighted by molar-refractivity contribution is -0.117. The number of nitrogens with zero attached hydrogens (tertiary/aromatic N) is 1. The highest BCUT2D eigenvalue weighted by Crippen LogP contribution is 2.32. The van der Waals surface area contributed by atoms with E-state index >= 15 is 0 Å². The van der Waals surface area contributed by atoms with Crippen LogP contribution in [0, 0.1) is 0 Å². The summed E-state index contributed by atoms with van der Waals surface area (Å²) in [6.45, 7) is 0.759. The predicted molar refractivity (Wildman–Crippen MR) is 99.9 cm³/mol. The quantitative estimate of drug-likeness (QED) is 0.534. The number of para-hydroxylation sites is 1. The van der Waals surface area contributed by atoms with Crippen LogP contribution in [0.25, 0.3) is 21.7 Å². The molecule has 1 aliphatic heterocycles. The molecule has 4 aromatic rings. The van der Waals surface area contributed by atoms with Crippen LogP contribution >= 0.6 is 0 Å². The minimum absolute atomic E-state index is 0.126. The van der Waals surface area contributed by atoms with Gasteiger partial charge in [0.2, 0.25) is 5.91 Å². The molecule has 0 bridgehead atoms. The summed E-state index contributed by atoms with van der Waals surface area (Å²) in [5, 5.41) is 3.36. The number of amides is 1. The fraction of sp³-hybridized carbons (Fsp3) is 0.136. The molecule has 0 radical (unpaired) electrons. The molecule has 1 aromatic heterocycles. The third kappa shape index (κ3) is 2.23. The van der Waals surface area contributed by atoms with Crippen LogP contribution in [0.1, 0.15) is 11.1 Å². The molecular formula is C22H17NO2. The topological polar surface area (TPSA) is 33.5 Å². The van der Waals surface area contributed by atoms with Crippen LogP contribution in [-0.4, -0.2) is 12.5 Å². The molecule has 25 heavy (non-hydrogen) atoms. The monoisotopic (exact) mass is 327 g/mol. The van der Waals surface area contributed by atoms with Crippen molar-refractivity contribution in [3.63, 3.8) is 0 Å². The Labute approximate surface area is 145 Å². The van der Waals surface area contributed by atoms with Gasteiger partial charge in [-0.15, -0.1) is 0 Å². The Bertz CT molecular complexity index is 1110. The highest BCUT2D eigenvalue weighted by molar-refractivity contribution is 6.09. The Kier molecular flexibility index (Phi) is 3.14. The van der Waals surface area contributed by atoms with Crippen molar-refractivity contribution in [2.75, 3.05) is 11.4 Å². The van der Waals surface area contributed by atoms with E-state index in [9.17, 15) is 4.79 Å². The van der Waals surface area contributed by atoms with E-state index < -0.39 is 0 Å². The van der Waals surface area contributed by atoms with E-state index in [-0.39, 0.29) is 5.91 Å². The molecule has 0 N–H and O–H groups in total. The number of rotatable bonds is 2. The lowest BCUT2D eigenvalue weighted by Gasteiger charge is -2.17. The first-order chi connectivity index (χ1) is 12.3. The minimum Gasteiger partial charge on any atom is -0.464 e. The molecule has 0 atom stereocenters. The van der Waals surface area contributed by atoms with Crippen LogP contribution in [-0.2, 0) is 17.6 Å². The zero-order valence-corrected chi connectivity index (χ0v) is 13.7. The summed E-state index contributed by atoms with van der Waals surface area (Å²) >= 11 is 0. The highest BCUT2D eigenvalue weighted by Gasteiger charge is 2.25. The Morgan fingerprint density at radius 3 is 2.80 bits per heavy atom. The van der Waals surface area contributed by atoms with E-state index in [1.165, 1.54) is 5.56 Å². The second-order valence-corrected chi connectivity index (χ2v) is 6.52. The Morgan fingerprint density at radius 1 is 1.00 bits per heavy atom. The fourth-order valence-corrected chi connectivity index (χ4v) is 3.86. The van der Waals surface area contributed by atoms with E-state index in [0.29, 0.717) is 6.42 Å². The summed E-state index contributed by atoms with van der Waals surface area (Å²) in [5.41, 5.74) is 4.09. The Morgan fingerprint density at radius 2 is 1.84 bits per heavy atom. The van der Waals surface area contributed by atoms with Gasteiger partial charge in [-0.1, -0.05) is 48.5 Å². The molecule has 0 saturated heterocycles. The zero-order valence-electron chi connectivity index (χ0n) is 13.7. The SMILES string of the molecule is O=C(Cc1coc2ccc3ccccc3c12)N1CCc2ccccc21. The first-order valence-electron chi connectivity index (χ1n) is 8.57. The van der Waals surface area contributed by atoms with Crippen molar-refractivity contribution in [2.24, 2.45) is 0 Å². The maximum absolute atomic E-state index is 12.9. The van der Waals surface area contributed by atoms with Gasteiger partial charge >= 0.3 is 0 Å². The maximum Gasteiger partial charge on any atom is 0.231 e. The maximum atomic E-state index is 12.9. The van der Waals surface area contributed by atoms with E-state index in [2.05, 4.69) is 24.3 Å². The summed E-state index contributed by atoms with van der Waals surface area (Å²) in [6, 6.07) is 20.4. The van der Waals surface area contributed by atoms with Gasteiger partial charge in [0, 0.05) is 23.2 Å². The predicted octanol–water partition coefficient (Wildman–Crippen LogP) is 4.72. The van der Waals surface area contributed by atoms with E-state index in [4.69, 9.17) is 4.42 Å². The van der Waals surface area contributed by atoms with Gasteiger partial charge in [0.1, 0.15) is 5.58 Å². The third-order valence-corrected chi connectivity index (χ3v) is 5.07. The Hall–Kier alpha value is -3.07. The summed E-state index contributed by atoms with van der Waals surface area (Å²) in [5.74, 6) is 0.126. The number of carbonyl (C=O) groups is 1. The average molecular weight is 327 g/mol. The molecule has 0 spiro atoms. The number of anilines is 1. The fourth-order valence-electron chi connectivity index (χ4n) is 3.86. The Balaban J connectivity index is 1.55. The number of hydrogen-bond donors (Lipinski definition) is 0. The molecule has 3 nitrogen and oxygen atoms in total. The molecule has 0 saturated carbocycles.